The smallest absolute Gasteiger partial charge is 0.152 e. The van der Waals surface area contributed by atoms with E-state index in [1.54, 1.807) is 22.7 Å². The van der Waals surface area contributed by atoms with Crippen molar-refractivity contribution in [3.63, 3.8) is 0 Å². The van der Waals surface area contributed by atoms with Crippen LogP contribution < -0.4 is 4.74 Å². The molecule has 8 heteroatoms. The number of benzene rings is 4. The van der Waals surface area contributed by atoms with Gasteiger partial charge in [0.05, 0.1) is 5.69 Å². The zero-order chi connectivity index (χ0) is 43.7. The summed E-state index contributed by atoms with van der Waals surface area (Å²) >= 11 is 3.16. The molecular weight excluding hydrogens is 781 g/mol. The molecule has 1 aliphatic carbocycles. The fourth-order valence-corrected chi connectivity index (χ4v) is 9.57. The maximum Gasteiger partial charge on any atom is 0.152 e. The predicted octanol–water partition coefficient (Wildman–Crippen LogP) is 13.1. The zero-order valence-corrected chi connectivity index (χ0v) is 39.4. The molecule has 6 nitrogen and oxygen atoms in total. The van der Waals surface area contributed by atoms with Crippen molar-refractivity contribution >= 4 is 22.7 Å². The van der Waals surface area contributed by atoms with E-state index in [9.17, 15) is 15.3 Å². The van der Waals surface area contributed by atoms with E-state index >= 15 is 0 Å². The normalized spacial score (nSPS) is 13.8. The molecule has 0 amide bonds. The van der Waals surface area contributed by atoms with Gasteiger partial charge in [-0.2, -0.15) is 0 Å². The van der Waals surface area contributed by atoms with Crippen LogP contribution in [-0.4, -0.2) is 25.3 Å². The molecule has 0 unspecified atom stereocenters. The minimum atomic E-state index is -0.209. The number of thiazole rings is 2. The number of rotatable bonds is 4. The van der Waals surface area contributed by atoms with Gasteiger partial charge in [0.15, 0.2) is 10.0 Å². The van der Waals surface area contributed by atoms with E-state index in [0.29, 0.717) is 25.7 Å². The third-order valence-electron chi connectivity index (χ3n) is 11.8. The molecule has 0 saturated heterocycles. The molecular formula is C52H62N2O4S2. The second-order valence-corrected chi connectivity index (χ2v) is 22.7. The molecule has 8 bridgehead atoms. The zero-order valence-electron chi connectivity index (χ0n) is 37.8. The Hall–Kier alpha value is -4.66. The van der Waals surface area contributed by atoms with Gasteiger partial charge in [0, 0.05) is 42.1 Å². The Bertz CT molecular complexity index is 2470. The highest BCUT2D eigenvalue weighted by Crippen LogP contribution is 2.44. The predicted molar refractivity (Wildman–Crippen MR) is 249 cm³/mol. The highest BCUT2D eigenvalue weighted by molar-refractivity contribution is 7.19. The summed E-state index contributed by atoms with van der Waals surface area (Å²) in [5, 5.41) is 42.7. The van der Waals surface area contributed by atoms with Crippen LogP contribution in [0, 0.1) is 6.92 Å². The van der Waals surface area contributed by atoms with Crippen molar-refractivity contribution < 1.29 is 20.1 Å². The highest BCUT2D eigenvalue weighted by Gasteiger charge is 2.28. The molecule has 0 spiro atoms. The number of hydrogen-bond acceptors (Lipinski definition) is 8. The van der Waals surface area contributed by atoms with Crippen molar-refractivity contribution in [3.05, 3.63) is 137 Å². The number of phenolic OH excluding ortho intramolecular Hbond substituents is 3. The SMILES string of the molecule is Cc1csc(-c2nc(COc3c4cc(C(C)(C)C)cc3Cc3cc(C(C)(C)C)cc(c3O)Cc3cc(C(C)(C)C)cc(c3O)Cc3cc(C(C)(C)C)cc(c3O)C4)cs2)n1. The molecule has 1 aliphatic rings. The lowest BCUT2D eigenvalue weighted by Crippen LogP contribution is -2.16. The van der Waals surface area contributed by atoms with E-state index in [1.807, 2.05) is 17.7 Å². The summed E-state index contributed by atoms with van der Waals surface area (Å²) < 4.78 is 6.97. The highest BCUT2D eigenvalue weighted by atomic mass is 32.1. The van der Waals surface area contributed by atoms with Gasteiger partial charge in [-0.3, -0.25) is 0 Å². The van der Waals surface area contributed by atoms with Crippen molar-refractivity contribution in [1.82, 2.24) is 9.97 Å². The largest absolute Gasteiger partial charge is 0.507 e. The Kier molecular flexibility index (Phi) is 11.3. The summed E-state index contributed by atoms with van der Waals surface area (Å²) in [6.45, 7) is 28.6. The summed E-state index contributed by atoms with van der Waals surface area (Å²) in [6, 6.07) is 17.1. The quantitative estimate of drug-likeness (QED) is 0.163. The lowest BCUT2D eigenvalue weighted by Gasteiger charge is -2.27. The molecule has 7 rings (SSSR count). The van der Waals surface area contributed by atoms with Crippen LogP contribution in [-0.2, 0) is 54.0 Å². The Morgan fingerprint density at radius 3 is 1.08 bits per heavy atom. The number of aromatic hydroxyl groups is 3. The fourth-order valence-electron chi connectivity index (χ4n) is 7.91. The van der Waals surface area contributed by atoms with Crippen LogP contribution in [0.1, 0.15) is 161 Å². The monoisotopic (exact) mass is 842 g/mol. The number of nitrogens with zero attached hydrogens (tertiary/aromatic N) is 2. The molecule has 0 aliphatic heterocycles. The number of fused-ring (bicyclic) bond motifs is 8. The molecule has 0 fully saturated rings. The standard InChI is InChI=1S/C52H62N2O4S2/c1-29-27-59-47(53-29)48-54-42(28-60-48)26-58-46-36-16-34-22-39(50(5,6)7)20-32(44(34)56)14-30-18-38(49(2,3)4)19-31(43(30)55)15-33-21-40(51(8,9)10)23-35(45(33)57)17-37(46)25-41(24-36)52(11,12)13/h18-25,27-28,55-57H,14-17,26H2,1-13H3. The summed E-state index contributed by atoms with van der Waals surface area (Å²) in [7, 11) is 0. The first kappa shape index (κ1) is 43.4. The molecule has 0 radical (unpaired) electrons. The van der Waals surface area contributed by atoms with Gasteiger partial charge in [-0.05, 0) is 95.3 Å². The molecule has 6 aromatic rings. The van der Waals surface area contributed by atoms with Crippen LogP contribution in [0.5, 0.6) is 23.0 Å². The minimum absolute atomic E-state index is 0.199. The van der Waals surface area contributed by atoms with Crippen molar-refractivity contribution in [1.29, 1.82) is 0 Å². The Labute approximate surface area is 365 Å². The van der Waals surface area contributed by atoms with Gasteiger partial charge in [-0.15, -0.1) is 22.7 Å². The van der Waals surface area contributed by atoms with E-state index in [2.05, 4.69) is 137 Å². The topological polar surface area (TPSA) is 95.7 Å². The fraction of sp³-hybridized carbons (Fsp3) is 0.423. The van der Waals surface area contributed by atoms with Gasteiger partial charge in [-0.25, -0.2) is 9.97 Å². The van der Waals surface area contributed by atoms with E-state index in [0.717, 1.165) is 93.9 Å². The Morgan fingerprint density at radius 2 is 0.767 bits per heavy atom. The molecule has 0 saturated carbocycles. The van der Waals surface area contributed by atoms with Gasteiger partial charge in [0.25, 0.3) is 0 Å². The van der Waals surface area contributed by atoms with Crippen LogP contribution in [0.2, 0.25) is 0 Å². The molecule has 3 N–H and O–H groups in total. The van der Waals surface area contributed by atoms with E-state index < -0.39 is 0 Å². The van der Waals surface area contributed by atoms with E-state index in [1.165, 1.54) is 0 Å². The third kappa shape index (κ3) is 9.15. The first-order valence-electron chi connectivity index (χ1n) is 21.1. The number of aryl methyl sites for hydroxylation is 1. The number of ether oxygens (including phenoxy) is 1. The summed E-state index contributed by atoms with van der Waals surface area (Å²) in [5.74, 6) is 1.39. The van der Waals surface area contributed by atoms with Crippen LogP contribution in [0.15, 0.2) is 59.3 Å². The van der Waals surface area contributed by atoms with Gasteiger partial charge in [0.2, 0.25) is 0 Å². The minimum Gasteiger partial charge on any atom is -0.507 e. The van der Waals surface area contributed by atoms with Crippen molar-refractivity contribution in [2.24, 2.45) is 0 Å². The lowest BCUT2D eigenvalue weighted by molar-refractivity contribution is 0.296. The van der Waals surface area contributed by atoms with Gasteiger partial charge < -0.3 is 20.1 Å². The van der Waals surface area contributed by atoms with Crippen LogP contribution >= 0.6 is 22.7 Å². The summed E-state index contributed by atoms with van der Waals surface area (Å²) in [5.41, 5.74) is 11.9. The van der Waals surface area contributed by atoms with Crippen molar-refractivity contribution in [2.45, 2.75) is 144 Å². The first-order chi connectivity index (χ1) is 27.8. The third-order valence-corrected chi connectivity index (χ3v) is 13.7. The maximum atomic E-state index is 12.4. The van der Waals surface area contributed by atoms with E-state index in [4.69, 9.17) is 9.72 Å². The molecule has 60 heavy (non-hydrogen) atoms. The molecule has 2 aromatic heterocycles. The summed E-state index contributed by atoms with van der Waals surface area (Å²) in [4.78, 5) is 9.60. The molecule has 0 atom stereocenters. The van der Waals surface area contributed by atoms with Crippen molar-refractivity contribution in [2.75, 3.05) is 0 Å². The second-order valence-electron chi connectivity index (χ2n) is 21.0. The van der Waals surface area contributed by atoms with Crippen molar-refractivity contribution in [3.8, 4) is 33.0 Å². The second kappa shape index (κ2) is 15.7. The lowest BCUT2D eigenvalue weighted by atomic mass is 9.79. The molecule has 316 valence electrons. The van der Waals surface area contributed by atoms with Gasteiger partial charge in [-0.1, -0.05) is 132 Å². The van der Waals surface area contributed by atoms with Gasteiger partial charge >= 0.3 is 0 Å². The van der Waals surface area contributed by atoms with Crippen LogP contribution in [0.25, 0.3) is 10.0 Å². The average Bonchev–Trinajstić information content (AvgIpc) is 3.79. The number of hydrogen-bond donors (Lipinski definition) is 3. The summed E-state index contributed by atoms with van der Waals surface area (Å²) in [6.07, 6.45) is 1.50. The average molecular weight is 843 g/mol. The van der Waals surface area contributed by atoms with E-state index in [-0.39, 0.29) is 45.5 Å². The Morgan fingerprint density at radius 1 is 0.467 bits per heavy atom. The molecule has 4 aromatic carbocycles. The molecule has 2 heterocycles. The van der Waals surface area contributed by atoms with Crippen LogP contribution in [0.3, 0.4) is 0 Å². The number of phenols is 3. The van der Waals surface area contributed by atoms with Gasteiger partial charge in [0.1, 0.15) is 29.6 Å². The Balaban J connectivity index is 1.50. The maximum absolute atomic E-state index is 12.4. The first-order valence-corrected chi connectivity index (χ1v) is 22.8. The van der Waals surface area contributed by atoms with Crippen LogP contribution in [0.4, 0.5) is 0 Å². The number of aromatic nitrogens is 2.